The number of unbranched alkanes of at least 4 members (excludes halogenated alkanes) is 5. The lowest BCUT2D eigenvalue weighted by molar-refractivity contribution is -0.346. The summed E-state index contributed by atoms with van der Waals surface area (Å²) in [6.45, 7) is 4.72. The largest absolute Gasteiger partial charge is 0.394 e. The number of aromatic amines is 1. The van der Waals surface area contributed by atoms with E-state index >= 15 is 0 Å². The molecule has 0 radical (unpaired) electrons. The molecule has 0 spiro atoms. The van der Waals surface area contributed by atoms with E-state index in [-0.39, 0.29) is 0 Å². The van der Waals surface area contributed by atoms with Gasteiger partial charge in [-0.15, -0.1) is 0 Å². The van der Waals surface area contributed by atoms with Crippen LogP contribution in [0.1, 0.15) is 78.4 Å². The summed E-state index contributed by atoms with van der Waals surface area (Å²) in [5.74, 6) is -0.694. The summed E-state index contributed by atoms with van der Waals surface area (Å²) in [7, 11) is 0. The van der Waals surface area contributed by atoms with Crippen LogP contribution < -0.4 is 21.9 Å². The Kier molecular flexibility index (Phi) is 17.1. The van der Waals surface area contributed by atoms with E-state index in [2.05, 4.69) is 24.5 Å². The molecule has 4 rings (SSSR count). The predicted molar refractivity (Wildman–Crippen MR) is 193 cm³/mol. The lowest BCUT2D eigenvalue weighted by Crippen LogP contribution is -2.68. The zero-order valence-electron chi connectivity index (χ0n) is 31.7. The summed E-state index contributed by atoms with van der Waals surface area (Å²) >= 11 is 0. The van der Waals surface area contributed by atoms with Crippen molar-refractivity contribution < 1.29 is 69.4 Å². The quantitative estimate of drug-likeness (QED) is 0.0513. The Bertz CT molecular complexity index is 1560. The van der Waals surface area contributed by atoms with E-state index in [0.29, 0.717) is 12.3 Å². The molecule has 2 amide bonds. The number of aromatic nitrogens is 2. The fraction of sp³-hybridized carbons (Fsp3) is 0.778. The first kappa shape index (κ1) is 45.6. The van der Waals surface area contributed by atoms with Crippen LogP contribution in [0.4, 0.5) is 0 Å². The van der Waals surface area contributed by atoms with E-state index in [4.69, 9.17) is 18.9 Å². The average Bonchev–Trinajstić information content (AvgIpc) is 3.43. The van der Waals surface area contributed by atoms with Crippen molar-refractivity contribution in [3.63, 3.8) is 0 Å². The van der Waals surface area contributed by atoms with E-state index in [1.165, 1.54) is 12.5 Å². The Morgan fingerprint density at radius 3 is 2.09 bits per heavy atom. The van der Waals surface area contributed by atoms with Gasteiger partial charge in [0.25, 0.3) is 5.56 Å². The van der Waals surface area contributed by atoms with Crippen LogP contribution in [0.25, 0.3) is 0 Å². The van der Waals surface area contributed by atoms with Crippen molar-refractivity contribution in [2.75, 3.05) is 6.61 Å². The number of H-pyrrole nitrogens is 1. The fourth-order valence-corrected chi connectivity index (χ4v) is 7.10. The number of aliphatic hydroxyl groups is 8. The number of carbonyl (C=O) groups excluding carboxylic acids is 2. The minimum absolute atomic E-state index is 0.598. The van der Waals surface area contributed by atoms with Gasteiger partial charge in [-0.1, -0.05) is 52.0 Å². The maximum Gasteiger partial charge on any atom is 0.330 e. The number of nitrogens with zero attached hydrogens (tertiary/aromatic N) is 1. The van der Waals surface area contributed by atoms with Gasteiger partial charge in [-0.2, -0.15) is 0 Å². The SMILES string of the molecule is CC(=O)N[C@@H]1[C@H](O[C@@H]2O[C@H](C[C@@H](O)[C@H]3O[C@@H](n4ccc(=O)[nH]c4=O)[C@H](O)[C@@H]3O)[C@H](O)[C@H](O)[C@H]2NC(=O)/C=C/CCCCCCCC(C)C)O[C@@H](CO)[C@H](O)[C@H]1O. The third-order valence-electron chi connectivity index (χ3n) is 10.2. The molecule has 15 atom stereocenters. The first-order chi connectivity index (χ1) is 26.5. The Hall–Kier alpha value is -3.12. The van der Waals surface area contributed by atoms with Gasteiger partial charge in [0.1, 0.15) is 60.9 Å². The molecule has 1 aromatic heterocycles. The summed E-state index contributed by atoms with van der Waals surface area (Å²) < 4.78 is 24.1. The molecule has 0 bridgehead atoms. The topological polar surface area (TPSA) is 312 Å². The van der Waals surface area contributed by atoms with Crippen molar-refractivity contribution in [3.05, 3.63) is 45.3 Å². The summed E-state index contributed by atoms with van der Waals surface area (Å²) in [6.07, 6.45) is -11.5. The number of ether oxygens (including phenoxy) is 4. The summed E-state index contributed by atoms with van der Waals surface area (Å²) in [5.41, 5.74) is -1.69. The Labute approximate surface area is 323 Å². The van der Waals surface area contributed by atoms with Gasteiger partial charge in [0, 0.05) is 25.6 Å². The van der Waals surface area contributed by atoms with Crippen molar-refractivity contribution in [1.82, 2.24) is 20.2 Å². The maximum atomic E-state index is 13.1. The molecule has 20 nitrogen and oxygen atoms in total. The maximum absolute atomic E-state index is 13.1. The molecule has 0 aliphatic carbocycles. The van der Waals surface area contributed by atoms with E-state index in [0.717, 1.165) is 55.9 Å². The normalized spacial score (nSPS) is 35.5. The highest BCUT2D eigenvalue weighted by molar-refractivity contribution is 5.87. The molecule has 0 unspecified atom stereocenters. The smallest absolute Gasteiger partial charge is 0.330 e. The van der Waals surface area contributed by atoms with E-state index in [9.17, 15) is 60.0 Å². The minimum atomic E-state index is -1.85. The Morgan fingerprint density at radius 1 is 0.857 bits per heavy atom. The van der Waals surface area contributed by atoms with Crippen LogP contribution in [-0.2, 0) is 28.5 Å². The van der Waals surface area contributed by atoms with Crippen molar-refractivity contribution in [2.24, 2.45) is 5.92 Å². The number of amides is 2. The molecule has 3 fully saturated rings. The van der Waals surface area contributed by atoms with Crippen LogP contribution in [0.2, 0.25) is 0 Å². The molecule has 11 N–H and O–H groups in total. The molecule has 0 aromatic carbocycles. The molecule has 4 heterocycles. The van der Waals surface area contributed by atoms with Crippen molar-refractivity contribution in [3.8, 4) is 0 Å². The standard InChI is InChI=1S/C36H58N4O16/c1-17(2)11-9-7-5-4-6-8-10-12-22(44)38-25-29(49)26(46)20(53-35(25)56-34-24(37-18(3)42)28(48)27(47)21(16-41)54-34)15-19(43)32-30(50)31(51)33(55-32)40-14-13-23(45)39-36(40)52/h10,12-14,17,19-21,24-35,41,43,46-51H,4-9,11,15-16H2,1-3H3,(H,37,42)(H,38,44)(H,39,45,52)/b12-10+/t19-,20-,21+,24+,25-,26+,27+,28+,29-,30+,31-,32-,33-,34+,35+/m1/s1. The second-order valence-electron chi connectivity index (χ2n) is 15.1. The first-order valence-electron chi connectivity index (χ1n) is 19.1. The summed E-state index contributed by atoms with van der Waals surface area (Å²) in [5, 5.41) is 91.2. The van der Waals surface area contributed by atoms with Gasteiger partial charge in [-0.25, -0.2) is 4.79 Å². The van der Waals surface area contributed by atoms with Gasteiger partial charge < -0.3 is 70.4 Å². The minimum Gasteiger partial charge on any atom is -0.394 e. The van der Waals surface area contributed by atoms with Gasteiger partial charge >= 0.3 is 5.69 Å². The lowest BCUT2D eigenvalue weighted by Gasteiger charge is -2.47. The molecule has 318 valence electrons. The zero-order valence-corrected chi connectivity index (χ0v) is 31.7. The highest BCUT2D eigenvalue weighted by Gasteiger charge is 2.53. The number of hydrogen-bond donors (Lipinski definition) is 11. The highest BCUT2D eigenvalue weighted by atomic mass is 16.8. The molecule has 3 aliphatic heterocycles. The van der Waals surface area contributed by atoms with Gasteiger partial charge in [0.2, 0.25) is 11.8 Å². The van der Waals surface area contributed by atoms with E-state index in [1.54, 1.807) is 6.08 Å². The van der Waals surface area contributed by atoms with Crippen LogP contribution in [0.5, 0.6) is 0 Å². The number of aliphatic hydroxyl groups excluding tert-OH is 8. The zero-order chi connectivity index (χ0) is 41.3. The molecular weight excluding hydrogens is 744 g/mol. The number of carbonyl (C=O) groups is 2. The third kappa shape index (κ3) is 11.7. The molecule has 3 saturated heterocycles. The van der Waals surface area contributed by atoms with Gasteiger partial charge in [0.15, 0.2) is 18.8 Å². The van der Waals surface area contributed by atoms with E-state index < -0.39 is 128 Å². The first-order valence-corrected chi connectivity index (χ1v) is 19.1. The highest BCUT2D eigenvalue weighted by Crippen LogP contribution is 2.34. The summed E-state index contributed by atoms with van der Waals surface area (Å²) in [6, 6.07) is -2.01. The van der Waals surface area contributed by atoms with Gasteiger partial charge in [0.05, 0.1) is 18.8 Å². The van der Waals surface area contributed by atoms with Crippen LogP contribution >= 0.6 is 0 Å². The van der Waals surface area contributed by atoms with Crippen LogP contribution in [-0.4, -0.2) is 155 Å². The van der Waals surface area contributed by atoms with Crippen LogP contribution in [0.3, 0.4) is 0 Å². The lowest BCUT2D eigenvalue weighted by atomic mass is 9.91. The molecule has 1 aromatic rings. The average molecular weight is 803 g/mol. The molecular formula is C36H58N4O16. The van der Waals surface area contributed by atoms with E-state index in [1.807, 2.05) is 4.98 Å². The molecule has 20 heteroatoms. The monoisotopic (exact) mass is 802 g/mol. The Balaban J connectivity index is 1.50. The number of rotatable bonds is 18. The van der Waals surface area contributed by atoms with Crippen LogP contribution in [0.15, 0.2) is 34.0 Å². The third-order valence-corrected chi connectivity index (χ3v) is 10.2. The molecule has 0 saturated carbocycles. The van der Waals surface area contributed by atoms with Gasteiger partial charge in [-0.05, 0) is 24.8 Å². The van der Waals surface area contributed by atoms with Crippen molar-refractivity contribution in [2.45, 2.75) is 164 Å². The van der Waals surface area contributed by atoms with Crippen LogP contribution in [0, 0.1) is 5.92 Å². The second-order valence-corrected chi connectivity index (χ2v) is 15.1. The predicted octanol–water partition coefficient (Wildman–Crippen LogP) is -3.26. The number of allylic oxidation sites excluding steroid dienone is 1. The van der Waals surface area contributed by atoms with Gasteiger partial charge in [-0.3, -0.25) is 23.9 Å². The number of hydrogen-bond acceptors (Lipinski definition) is 16. The molecule has 56 heavy (non-hydrogen) atoms. The summed E-state index contributed by atoms with van der Waals surface area (Å²) in [4.78, 5) is 51.0. The molecule has 3 aliphatic rings. The van der Waals surface area contributed by atoms with Crippen molar-refractivity contribution in [1.29, 1.82) is 0 Å². The second kappa shape index (κ2) is 21.0. The fourth-order valence-electron chi connectivity index (χ4n) is 7.10. The number of nitrogens with one attached hydrogen (secondary N) is 3. The Morgan fingerprint density at radius 2 is 1.46 bits per heavy atom. The van der Waals surface area contributed by atoms with Crippen molar-refractivity contribution >= 4 is 11.8 Å².